The molecule has 0 N–H and O–H groups in total. The van der Waals surface area contributed by atoms with Crippen LogP contribution in [0.15, 0.2) is 11.6 Å². The molecule has 1 saturated heterocycles. The van der Waals surface area contributed by atoms with Crippen molar-refractivity contribution in [2.75, 3.05) is 13.2 Å². The lowest BCUT2D eigenvalue weighted by atomic mass is 9.76. The molecule has 0 spiro atoms. The van der Waals surface area contributed by atoms with E-state index >= 15 is 0 Å². The highest BCUT2D eigenvalue weighted by Crippen LogP contribution is 2.40. The first-order valence-corrected chi connectivity index (χ1v) is 8.82. The zero-order valence-electron chi connectivity index (χ0n) is 15.6. The number of hydrogen-bond acceptors (Lipinski definition) is 5. The summed E-state index contributed by atoms with van der Waals surface area (Å²) in [7, 11) is 0. The molecule has 5 heteroatoms. The molecule has 0 aliphatic carbocycles. The monoisotopic (exact) mass is 334 g/mol. The molecule has 0 aromatic heterocycles. The van der Waals surface area contributed by atoms with Crippen LogP contribution in [0.2, 0.25) is 0 Å². The van der Waals surface area contributed by atoms with Gasteiger partial charge in [-0.25, -0.2) is 4.79 Å². The molecule has 0 amide bonds. The number of carbonyl (C=O) groups is 1. The Bertz CT molecular complexity index is 540. The second kappa shape index (κ2) is 7.14. The Labute approximate surface area is 145 Å². The van der Waals surface area contributed by atoms with E-state index in [0.717, 1.165) is 25.9 Å². The number of nitrogens with zero attached hydrogens (tertiary/aromatic N) is 2. The average Bonchev–Trinajstić information content (AvgIpc) is 2.88. The summed E-state index contributed by atoms with van der Waals surface area (Å²) >= 11 is 0. The van der Waals surface area contributed by atoms with Gasteiger partial charge in [-0.05, 0) is 51.9 Å². The van der Waals surface area contributed by atoms with E-state index in [4.69, 9.17) is 9.47 Å². The third-order valence-electron chi connectivity index (χ3n) is 4.88. The summed E-state index contributed by atoms with van der Waals surface area (Å²) in [5, 5.41) is 9.59. The minimum Gasteiger partial charge on any atom is -0.458 e. The Morgan fingerprint density at radius 2 is 2.08 bits per heavy atom. The first-order valence-electron chi connectivity index (χ1n) is 8.82. The lowest BCUT2D eigenvalue weighted by Gasteiger charge is -2.35. The average molecular weight is 334 g/mol. The molecule has 24 heavy (non-hydrogen) atoms. The van der Waals surface area contributed by atoms with Crippen LogP contribution in [0.1, 0.15) is 60.3 Å². The predicted molar refractivity (Wildman–Crippen MR) is 92.0 cm³/mol. The number of ether oxygens (including phenoxy) is 2. The van der Waals surface area contributed by atoms with Crippen LogP contribution in [-0.4, -0.2) is 41.8 Å². The Kier molecular flexibility index (Phi) is 5.59. The van der Waals surface area contributed by atoms with Crippen LogP contribution < -0.4 is 0 Å². The summed E-state index contributed by atoms with van der Waals surface area (Å²) in [5.41, 5.74) is 0.877. The van der Waals surface area contributed by atoms with E-state index in [1.54, 1.807) is 4.90 Å². The molecule has 0 bridgehead atoms. The van der Waals surface area contributed by atoms with Crippen molar-refractivity contribution in [3.8, 4) is 6.19 Å². The summed E-state index contributed by atoms with van der Waals surface area (Å²) in [6.45, 7) is 11.5. The van der Waals surface area contributed by atoms with Crippen LogP contribution >= 0.6 is 0 Å². The maximum absolute atomic E-state index is 12.4. The van der Waals surface area contributed by atoms with Crippen molar-refractivity contribution in [1.82, 2.24) is 4.90 Å². The first-order chi connectivity index (χ1) is 11.1. The normalized spacial score (nSPS) is 25.2. The van der Waals surface area contributed by atoms with Gasteiger partial charge in [-0.2, -0.15) is 5.26 Å². The van der Waals surface area contributed by atoms with Gasteiger partial charge in [0, 0.05) is 6.04 Å². The second-order valence-corrected chi connectivity index (χ2v) is 8.43. The van der Waals surface area contributed by atoms with E-state index in [1.165, 1.54) is 5.57 Å². The molecular formula is C19H30N2O3. The molecule has 134 valence electrons. The van der Waals surface area contributed by atoms with Gasteiger partial charge in [-0.3, -0.25) is 4.90 Å². The highest BCUT2D eigenvalue weighted by atomic mass is 16.6. The molecule has 2 aliphatic rings. The number of rotatable bonds is 4. The van der Waals surface area contributed by atoms with Crippen LogP contribution in [0.4, 0.5) is 0 Å². The molecule has 2 aliphatic heterocycles. The van der Waals surface area contributed by atoms with Gasteiger partial charge in [0.05, 0.1) is 13.2 Å². The predicted octanol–water partition coefficient (Wildman–Crippen LogP) is 3.41. The number of hydrogen-bond donors (Lipinski definition) is 0. The lowest BCUT2D eigenvalue weighted by Crippen LogP contribution is -2.42. The zero-order chi connectivity index (χ0) is 18.0. The minimum absolute atomic E-state index is 0.00632. The van der Waals surface area contributed by atoms with Crippen molar-refractivity contribution in [2.45, 2.75) is 78.0 Å². The van der Waals surface area contributed by atoms with Gasteiger partial charge in [-0.15, -0.1) is 0 Å². The molecule has 0 radical (unpaired) electrons. The van der Waals surface area contributed by atoms with E-state index in [2.05, 4.69) is 26.1 Å². The van der Waals surface area contributed by atoms with E-state index in [-0.39, 0.29) is 17.4 Å². The van der Waals surface area contributed by atoms with Crippen molar-refractivity contribution >= 4 is 5.97 Å². The van der Waals surface area contributed by atoms with Crippen molar-refractivity contribution in [3.63, 3.8) is 0 Å². The highest BCUT2D eigenvalue weighted by Gasteiger charge is 2.42. The van der Waals surface area contributed by atoms with E-state index in [0.29, 0.717) is 13.0 Å². The summed E-state index contributed by atoms with van der Waals surface area (Å²) in [6.07, 6.45) is 7.76. The third-order valence-corrected chi connectivity index (χ3v) is 4.88. The first kappa shape index (κ1) is 18.8. The maximum atomic E-state index is 12.4. The van der Waals surface area contributed by atoms with Crippen molar-refractivity contribution in [1.29, 1.82) is 5.26 Å². The van der Waals surface area contributed by atoms with Crippen LogP contribution in [0.3, 0.4) is 0 Å². The molecule has 0 saturated carbocycles. The van der Waals surface area contributed by atoms with E-state index in [1.807, 2.05) is 20.8 Å². The van der Waals surface area contributed by atoms with Gasteiger partial charge in [0.25, 0.3) is 0 Å². The molecule has 5 nitrogen and oxygen atoms in total. The number of carbonyl (C=O) groups excluding carboxylic acids is 1. The van der Waals surface area contributed by atoms with Gasteiger partial charge in [0.2, 0.25) is 0 Å². The topological polar surface area (TPSA) is 62.6 Å². The fourth-order valence-electron chi connectivity index (χ4n) is 3.70. The lowest BCUT2D eigenvalue weighted by molar-refractivity contribution is -0.159. The van der Waals surface area contributed by atoms with Crippen LogP contribution in [0.25, 0.3) is 0 Å². The van der Waals surface area contributed by atoms with Crippen molar-refractivity contribution in [2.24, 2.45) is 5.41 Å². The fraction of sp³-hybridized carbons (Fsp3) is 0.789. The largest absolute Gasteiger partial charge is 0.458 e. The molecular weight excluding hydrogens is 304 g/mol. The zero-order valence-corrected chi connectivity index (χ0v) is 15.6. The maximum Gasteiger partial charge on any atom is 0.330 e. The van der Waals surface area contributed by atoms with Gasteiger partial charge >= 0.3 is 5.97 Å². The van der Waals surface area contributed by atoms with E-state index < -0.39 is 11.6 Å². The van der Waals surface area contributed by atoms with Gasteiger partial charge in [-0.1, -0.05) is 25.5 Å². The van der Waals surface area contributed by atoms with Gasteiger partial charge < -0.3 is 9.47 Å². The molecule has 2 heterocycles. The van der Waals surface area contributed by atoms with Gasteiger partial charge in [0.1, 0.15) is 11.6 Å². The molecule has 2 atom stereocenters. The van der Waals surface area contributed by atoms with Crippen LogP contribution in [0.5, 0.6) is 0 Å². The van der Waals surface area contributed by atoms with Crippen LogP contribution in [-0.2, 0) is 14.3 Å². The Balaban J connectivity index is 2.05. The number of esters is 1. The fourth-order valence-corrected chi connectivity index (χ4v) is 3.70. The standard InChI is InChI=1S/C19H30N2O3/c1-18(2,3)24-17(22)16-7-6-15(21(16)13-20)12-19(4,5)14-8-10-23-11-9-14/h8,15-16H,6-7,9-12H2,1-5H3. The molecule has 1 fully saturated rings. The van der Waals surface area contributed by atoms with Crippen molar-refractivity contribution in [3.05, 3.63) is 11.6 Å². The van der Waals surface area contributed by atoms with Gasteiger partial charge in [0.15, 0.2) is 6.19 Å². The Morgan fingerprint density at radius 1 is 1.38 bits per heavy atom. The minimum atomic E-state index is -0.525. The molecule has 2 unspecified atom stereocenters. The van der Waals surface area contributed by atoms with E-state index in [9.17, 15) is 10.1 Å². The molecule has 0 aromatic rings. The second-order valence-electron chi connectivity index (χ2n) is 8.43. The number of likely N-dealkylation sites (tertiary alicyclic amines) is 1. The molecule has 2 rings (SSSR count). The Morgan fingerprint density at radius 3 is 2.62 bits per heavy atom. The Hall–Kier alpha value is -1.54. The van der Waals surface area contributed by atoms with Crippen LogP contribution in [0, 0.1) is 16.9 Å². The highest BCUT2D eigenvalue weighted by molar-refractivity contribution is 5.77. The van der Waals surface area contributed by atoms with Crippen molar-refractivity contribution < 1.29 is 14.3 Å². The third kappa shape index (κ3) is 4.51. The smallest absolute Gasteiger partial charge is 0.330 e. The summed E-state index contributed by atoms with van der Waals surface area (Å²) in [4.78, 5) is 14.1. The quantitative estimate of drug-likeness (QED) is 0.448. The molecule has 0 aromatic carbocycles. The summed E-state index contributed by atoms with van der Waals surface area (Å²) in [6, 6.07) is -0.357. The summed E-state index contributed by atoms with van der Waals surface area (Å²) < 4.78 is 10.9. The number of nitriles is 1. The SMILES string of the molecule is CC(C)(C)OC(=O)C1CCC(CC(C)(C)C2=CCOCC2)N1C#N. The summed E-state index contributed by atoms with van der Waals surface area (Å²) in [5.74, 6) is -0.283.